The average molecular weight is 727 g/mol. The zero-order valence-electron chi connectivity index (χ0n) is 27.3. The highest BCUT2D eigenvalue weighted by atomic mass is 35.6. The fourth-order valence-corrected chi connectivity index (χ4v) is 5.65. The third-order valence-corrected chi connectivity index (χ3v) is 7.89. The summed E-state index contributed by atoms with van der Waals surface area (Å²) < 4.78 is 8.26. The molecule has 14 nitrogen and oxygen atoms in total. The number of Topliss-reactive ketones (excluding diaryl/α,β-unsaturated/α-hetero) is 1. The fourth-order valence-electron chi connectivity index (χ4n) is 5.49. The maximum absolute atomic E-state index is 13.9. The van der Waals surface area contributed by atoms with Crippen molar-refractivity contribution < 1.29 is 43.0 Å². The molecule has 2 rings (SSSR count). The molecule has 1 saturated heterocycles. The lowest BCUT2D eigenvalue weighted by Gasteiger charge is -2.34. The van der Waals surface area contributed by atoms with Crippen molar-refractivity contribution in [3.8, 4) is 0 Å². The topological polar surface area (TPSA) is 189 Å². The van der Waals surface area contributed by atoms with Crippen molar-refractivity contribution in [3.05, 3.63) is 0 Å². The van der Waals surface area contributed by atoms with Crippen molar-refractivity contribution in [1.29, 1.82) is 0 Å². The Hall–Kier alpha value is -2.84. The van der Waals surface area contributed by atoms with E-state index in [0.717, 1.165) is 19.3 Å². The number of alkyl carbamates (subject to hydrolysis) is 1. The van der Waals surface area contributed by atoms with E-state index in [2.05, 4.69) is 21.3 Å². The average Bonchev–Trinajstić information content (AvgIpc) is 3.49. The van der Waals surface area contributed by atoms with Crippen LogP contribution in [0.15, 0.2) is 0 Å². The molecule has 17 heteroatoms. The van der Waals surface area contributed by atoms with Crippen molar-refractivity contribution in [3.63, 3.8) is 0 Å². The molecule has 0 radical (unpaired) electrons. The first kappa shape index (κ1) is 40.3. The number of amides is 5. The standard InChI is InChI=1S/C30H46Cl3N5O9/c1-5-10-19(24(41)26(43)35-15-21(39)34-16-22(40)47-29(2,3)4)36-25(42)20-13-9-14-38(20)27(44)23(18-11-7-6-8-12-18)37-28(45)46-17-30(31,32)33/h18-20,23H,5-17H2,1-4H3,(H,34,39)(H,35,43)(H,36,42)(H,37,45)/t19?,20-,23-/m0/s1. The van der Waals surface area contributed by atoms with Gasteiger partial charge in [-0.1, -0.05) is 67.4 Å². The van der Waals surface area contributed by atoms with Gasteiger partial charge in [-0.05, 0) is 58.8 Å². The number of ketones is 1. The minimum absolute atomic E-state index is 0.130. The SMILES string of the molecule is CCCC(NC(=O)[C@@H]1CCCN1C(=O)[C@@H](NC(=O)OCC(Cl)(Cl)Cl)C1CCCCC1)C(=O)C(=O)NCC(=O)NCC(=O)OC(C)(C)C. The summed E-state index contributed by atoms with van der Waals surface area (Å²) in [6.07, 6.45) is 4.57. The summed E-state index contributed by atoms with van der Waals surface area (Å²) in [7, 11) is 0. The molecule has 0 aromatic rings. The van der Waals surface area contributed by atoms with Gasteiger partial charge in [0.25, 0.3) is 5.91 Å². The van der Waals surface area contributed by atoms with E-state index in [1.807, 2.05) is 0 Å². The molecule has 2 fully saturated rings. The first-order valence-electron chi connectivity index (χ1n) is 15.8. The first-order valence-corrected chi connectivity index (χ1v) is 17.0. The van der Waals surface area contributed by atoms with E-state index in [1.165, 1.54) is 4.90 Å². The van der Waals surface area contributed by atoms with Crippen LogP contribution in [0.2, 0.25) is 0 Å². The lowest BCUT2D eigenvalue weighted by Crippen LogP contribution is -2.58. The smallest absolute Gasteiger partial charge is 0.407 e. The van der Waals surface area contributed by atoms with Gasteiger partial charge in [0.05, 0.1) is 12.6 Å². The molecule has 47 heavy (non-hydrogen) atoms. The molecule has 1 unspecified atom stereocenters. The van der Waals surface area contributed by atoms with Crippen LogP contribution in [0.3, 0.4) is 0 Å². The number of rotatable bonds is 14. The highest BCUT2D eigenvalue weighted by molar-refractivity contribution is 6.67. The van der Waals surface area contributed by atoms with Gasteiger partial charge in [-0.15, -0.1) is 0 Å². The van der Waals surface area contributed by atoms with E-state index in [4.69, 9.17) is 44.3 Å². The van der Waals surface area contributed by atoms with Crippen molar-refractivity contribution in [2.24, 2.45) is 5.92 Å². The number of esters is 1. The maximum Gasteiger partial charge on any atom is 0.407 e. The van der Waals surface area contributed by atoms with Crippen LogP contribution in [0.4, 0.5) is 4.79 Å². The Balaban J connectivity index is 2.04. The normalized spacial score (nSPS) is 18.4. The van der Waals surface area contributed by atoms with Gasteiger partial charge in [-0.2, -0.15) is 0 Å². The summed E-state index contributed by atoms with van der Waals surface area (Å²) in [5.41, 5.74) is -0.736. The molecule has 1 heterocycles. The number of hydrogen-bond acceptors (Lipinski definition) is 9. The van der Waals surface area contributed by atoms with Gasteiger partial charge < -0.3 is 35.6 Å². The molecule has 1 saturated carbocycles. The van der Waals surface area contributed by atoms with Gasteiger partial charge in [0.2, 0.25) is 27.3 Å². The molecule has 1 aliphatic heterocycles. The third kappa shape index (κ3) is 14.4. The van der Waals surface area contributed by atoms with E-state index in [1.54, 1.807) is 27.7 Å². The molecule has 0 bridgehead atoms. The Morgan fingerprint density at radius 3 is 2.13 bits per heavy atom. The van der Waals surface area contributed by atoms with Gasteiger partial charge in [0, 0.05) is 6.54 Å². The van der Waals surface area contributed by atoms with Crippen LogP contribution in [0.5, 0.6) is 0 Å². The van der Waals surface area contributed by atoms with Crippen molar-refractivity contribution in [1.82, 2.24) is 26.2 Å². The molecule has 3 atom stereocenters. The number of halogens is 3. The first-order chi connectivity index (χ1) is 21.9. The highest BCUT2D eigenvalue weighted by Gasteiger charge is 2.42. The molecule has 0 aromatic heterocycles. The van der Waals surface area contributed by atoms with E-state index < -0.39 is 88.7 Å². The Morgan fingerprint density at radius 1 is 0.872 bits per heavy atom. The number of carbonyl (C=O) groups is 7. The monoisotopic (exact) mass is 725 g/mol. The summed E-state index contributed by atoms with van der Waals surface area (Å²) in [5.74, 6) is -4.72. The van der Waals surface area contributed by atoms with Gasteiger partial charge in [-0.3, -0.25) is 28.8 Å². The van der Waals surface area contributed by atoms with Gasteiger partial charge >= 0.3 is 12.1 Å². The van der Waals surface area contributed by atoms with Crippen LogP contribution < -0.4 is 21.3 Å². The number of ether oxygens (including phenoxy) is 2. The molecule has 266 valence electrons. The molecule has 0 aromatic carbocycles. The largest absolute Gasteiger partial charge is 0.459 e. The zero-order valence-corrected chi connectivity index (χ0v) is 29.5. The van der Waals surface area contributed by atoms with Crippen molar-refractivity contribution in [2.45, 2.75) is 113 Å². The lowest BCUT2D eigenvalue weighted by molar-refractivity contribution is -0.154. The second kappa shape index (κ2) is 18.6. The molecule has 2 aliphatic rings. The number of likely N-dealkylation sites (tertiary alicyclic amines) is 1. The Morgan fingerprint density at radius 2 is 1.53 bits per heavy atom. The highest BCUT2D eigenvalue weighted by Crippen LogP contribution is 2.30. The predicted octanol–water partition coefficient (Wildman–Crippen LogP) is 2.45. The molecule has 0 spiro atoms. The quantitative estimate of drug-likeness (QED) is 0.118. The number of carbonyl (C=O) groups excluding carboxylic acids is 7. The van der Waals surface area contributed by atoms with Gasteiger partial charge in [0.15, 0.2) is 0 Å². The summed E-state index contributed by atoms with van der Waals surface area (Å²) in [5, 5.41) is 9.73. The van der Waals surface area contributed by atoms with E-state index in [9.17, 15) is 33.6 Å². The van der Waals surface area contributed by atoms with Crippen LogP contribution in [-0.4, -0.2) is 100 Å². The van der Waals surface area contributed by atoms with E-state index in [0.29, 0.717) is 32.1 Å². The third-order valence-electron chi connectivity index (χ3n) is 7.56. The summed E-state index contributed by atoms with van der Waals surface area (Å²) in [4.78, 5) is 90.8. The number of hydrogen-bond donors (Lipinski definition) is 4. The predicted molar refractivity (Wildman–Crippen MR) is 174 cm³/mol. The minimum Gasteiger partial charge on any atom is -0.459 e. The van der Waals surface area contributed by atoms with E-state index >= 15 is 0 Å². The minimum atomic E-state index is -1.84. The number of nitrogens with one attached hydrogen (secondary N) is 4. The van der Waals surface area contributed by atoms with Crippen LogP contribution >= 0.6 is 34.8 Å². The second-order valence-corrected chi connectivity index (χ2v) is 15.2. The number of alkyl halides is 3. The molecular formula is C30H46Cl3N5O9. The Bertz CT molecular complexity index is 1150. The van der Waals surface area contributed by atoms with Crippen LogP contribution in [0.25, 0.3) is 0 Å². The zero-order chi connectivity index (χ0) is 35.4. The van der Waals surface area contributed by atoms with Gasteiger partial charge in [-0.25, -0.2) is 4.79 Å². The summed E-state index contributed by atoms with van der Waals surface area (Å²) in [6.45, 7) is 5.51. The second-order valence-electron chi connectivity index (χ2n) is 12.7. The number of nitrogens with zero attached hydrogens (tertiary/aromatic N) is 1. The van der Waals surface area contributed by atoms with Gasteiger partial charge in [0.1, 0.15) is 30.8 Å². The summed E-state index contributed by atoms with van der Waals surface area (Å²) >= 11 is 17.1. The molecule has 4 N–H and O–H groups in total. The maximum atomic E-state index is 13.9. The van der Waals surface area contributed by atoms with Crippen LogP contribution in [0, 0.1) is 5.92 Å². The van der Waals surface area contributed by atoms with Crippen LogP contribution in [0.1, 0.15) is 85.5 Å². The van der Waals surface area contributed by atoms with Crippen LogP contribution in [-0.2, 0) is 38.2 Å². The van der Waals surface area contributed by atoms with Crippen molar-refractivity contribution >= 4 is 76.3 Å². The molecule has 5 amide bonds. The Kier molecular flexibility index (Phi) is 16.0. The Labute approximate surface area is 290 Å². The fraction of sp³-hybridized carbons (Fsp3) is 0.767. The summed E-state index contributed by atoms with van der Waals surface area (Å²) in [6, 6.07) is -3.13. The molecular weight excluding hydrogens is 681 g/mol. The molecule has 1 aliphatic carbocycles. The van der Waals surface area contributed by atoms with Crippen molar-refractivity contribution in [2.75, 3.05) is 26.2 Å². The lowest BCUT2D eigenvalue weighted by atomic mass is 9.83. The van der Waals surface area contributed by atoms with E-state index in [-0.39, 0.29) is 18.9 Å².